The van der Waals surface area contributed by atoms with Crippen molar-refractivity contribution in [1.29, 1.82) is 0 Å². The van der Waals surface area contributed by atoms with Gasteiger partial charge in [0.05, 0.1) is 6.61 Å². The molecule has 0 aromatic heterocycles. The summed E-state index contributed by atoms with van der Waals surface area (Å²) >= 11 is 0. The molecule has 78 valence electrons. The Kier molecular flexibility index (Phi) is 3.71. The highest BCUT2D eigenvalue weighted by atomic mass is 16.5. The lowest BCUT2D eigenvalue weighted by atomic mass is 9.94. The lowest BCUT2D eigenvalue weighted by Gasteiger charge is -2.45. The van der Waals surface area contributed by atoms with Crippen molar-refractivity contribution >= 4 is 0 Å². The molecule has 3 heteroatoms. The summed E-state index contributed by atoms with van der Waals surface area (Å²) in [6, 6.07) is 0. The third-order valence-electron chi connectivity index (χ3n) is 2.17. The van der Waals surface area contributed by atoms with Gasteiger partial charge in [0.2, 0.25) is 0 Å². The first-order valence-corrected chi connectivity index (χ1v) is 5.08. The Morgan fingerprint density at radius 2 is 2.08 bits per heavy atom. The molecule has 2 N–H and O–H groups in total. The van der Waals surface area contributed by atoms with Crippen LogP contribution in [0.4, 0.5) is 0 Å². The van der Waals surface area contributed by atoms with E-state index >= 15 is 0 Å². The zero-order valence-electron chi connectivity index (χ0n) is 9.05. The van der Waals surface area contributed by atoms with Gasteiger partial charge >= 0.3 is 0 Å². The van der Waals surface area contributed by atoms with Crippen molar-refractivity contribution in [1.82, 2.24) is 4.90 Å². The molecule has 0 bridgehead atoms. The van der Waals surface area contributed by atoms with Crippen LogP contribution < -0.4 is 5.73 Å². The molecule has 1 fully saturated rings. The predicted octanol–water partition coefficient (Wildman–Crippen LogP) is 0.692. The first-order chi connectivity index (χ1) is 5.99. The molecule has 0 aromatic rings. The molecular weight excluding hydrogens is 164 g/mol. The molecule has 0 amide bonds. The minimum Gasteiger partial charge on any atom is -0.380 e. The van der Waals surface area contributed by atoms with Crippen LogP contribution >= 0.6 is 0 Å². The van der Waals surface area contributed by atoms with Gasteiger partial charge in [0.1, 0.15) is 0 Å². The molecule has 0 radical (unpaired) electrons. The summed E-state index contributed by atoms with van der Waals surface area (Å²) in [5, 5.41) is 0. The van der Waals surface area contributed by atoms with Gasteiger partial charge in [0.15, 0.2) is 0 Å². The van der Waals surface area contributed by atoms with Crippen LogP contribution in [0.15, 0.2) is 0 Å². The average Bonchev–Trinajstić information content (AvgIpc) is 1.93. The van der Waals surface area contributed by atoms with Crippen LogP contribution in [0, 0.1) is 5.92 Å². The number of nitrogens with two attached hydrogens (primary N) is 1. The molecule has 1 aliphatic heterocycles. The maximum atomic E-state index is 5.88. The van der Waals surface area contributed by atoms with Crippen LogP contribution in [0.25, 0.3) is 0 Å². The SMILES string of the molecule is CC(C)COCCN1CC(C)(N)C1. The molecule has 0 spiro atoms. The maximum Gasteiger partial charge on any atom is 0.0593 e. The Hall–Kier alpha value is -0.120. The van der Waals surface area contributed by atoms with Crippen molar-refractivity contribution < 1.29 is 4.74 Å². The Labute approximate surface area is 81.2 Å². The molecule has 1 rings (SSSR count). The number of nitrogens with zero attached hydrogens (tertiary/aromatic N) is 1. The van der Waals surface area contributed by atoms with Gasteiger partial charge in [-0.05, 0) is 12.8 Å². The minimum atomic E-state index is 0.0536. The first kappa shape index (κ1) is 11.0. The second kappa shape index (κ2) is 4.40. The van der Waals surface area contributed by atoms with Gasteiger partial charge in [-0.15, -0.1) is 0 Å². The van der Waals surface area contributed by atoms with E-state index in [1.165, 1.54) is 0 Å². The minimum absolute atomic E-state index is 0.0536. The number of hydrogen-bond donors (Lipinski definition) is 1. The molecule has 3 nitrogen and oxygen atoms in total. The molecule has 1 saturated heterocycles. The predicted molar refractivity (Wildman–Crippen MR) is 54.7 cm³/mol. The Morgan fingerprint density at radius 1 is 1.46 bits per heavy atom. The van der Waals surface area contributed by atoms with E-state index < -0.39 is 0 Å². The average molecular weight is 186 g/mol. The summed E-state index contributed by atoms with van der Waals surface area (Å²) in [6.07, 6.45) is 0. The lowest BCUT2D eigenvalue weighted by Crippen LogP contribution is -2.65. The van der Waals surface area contributed by atoms with Crippen molar-refractivity contribution in [3.05, 3.63) is 0 Å². The number of rotatable bonds is 5. The fourth-order valence-electron chi connectivity index (χ4n) is 1.65. The normalized spacial score (nSPS) is 21.9. The monoisotopic (exact) mass is 186 g/mol. The van der Waals surface area contributed by atoms with Crippen molar-refractivity contribution in [3.63, 3.8) is 0 Å². The summed E-state index contributed by atoms with van der Waals surface area (Å²) in [7, 11) is 0. The van der Waals surface area contributed by atoms with Crippen LogP contribution in [0.1, 0.15) is 20.8 Å². The zero-order valence-corrected chi connectivity index (χ0v) is 9.05. The van der Waals surface area contributed by atoms with E-state index in [1.54, 1.807) is 0 Å². The topological polar surface area (TPSA) is 38.5 Å². The van der Waals surface area contributed by atoms with Crippen molar-refractivity contribution in [3.8, 4) is 0 Å². The second-order valence-corrected chi connectivity index (χ2v) is 4.83. The van der Waals surface area contributed by atoms with E-state index in [0.717, 1.165) is 32.8 Å². The van der Waals surface area contributed by atoms with E-state index in [9.17, 15) is 0 Å². The molecule has 0 unspecified atom stereocenters. The quantitative estimate of drug-likeness (QED) is 0.642. The van der Waals surface area contributed by atoms with E-state index in [2.05, 4.69) is 25.7 Å². The Bertz CT molecular complexity index is 149. The van der Waals surface area contributed by atoms with E-state index in [4.69, 9.17) is 10.5 Å². The maximum absolute atomic E-state index is 5.88. The fraction of sp³-hybridized carbons (Fsp3) is 1.00. The summed E-state index contributed by atoms with van der Waals surface area (Å²) < 4.78 is 5.49. The van der Waals surface area contributed by atoms with Crippen LogP contribution in [-0.2, 0) is 4.74 Å². The van der Waals surface area contributed by atoms with Gasteiger partial charge in [0.25, 0.3) is 0 Å². The largest absolute Gasteiger partial charge is 0.380 e. The summed E-state index contributed by atoms with van der Waals surface area (Å²) in [5.41, 5.74) is 5.94. The van der Waals surface area contributed by atoms with Crippen LogP contribution in [0.3, 0.4) is 0 Å². The summed E-state index contributed by atoms with van der Waals surface area (Å²) in [4.78, 5) is 2.33. The van der Waals surface area contributed by atoms with Crippen molar-refractivity contribution in [2.45, 2.75) is 26.3 Å². The number of ether oxygens (including phenoxy) is 1. The molecule has 0 atom stereocenters. The van der Waals surface area contributed by atoms with E-state index in [-0.39, 0.29) is 5.54 Å². The summed E-state index contributed by atoms with van der Waals surface area (Å²) in [5.74, 6) is 0.635. The van der Waals surface area contributed by atoms with E-state index in [0.29, 0.717) is 5.92 Å². The molecule has 0 aliphatic carbocycles. The third-order valence-corrected chi connectivity index (χ3v) is 2.17. The molecule has 0 saturated carbocycles. The highest BCUT2D eigenvalue weighted by Gasteiger charge is 2.33. The highest BCUT2D eigenvalue weighted by Crippen LogP contribution is 2.15. The Balaban J connectivity index is 1.91. The standard InChI is InChI=1S/C10H22N2O/c1-9(2)6-13-5-4-12-7-10(3,11)8-12/h9H,4-8,11H2,1-3H3. The second-order valence-electron chi connectivity index (χ2n) is 4.83. The molecule has 13 heavy (non-hydrogen) atoms. The van der Waals surface area contributed by atoms with Crippen LogP contribution in [0.5, 0.6) is 0 Å². The van der Waals surface area contributed by atoms with Crippen LogP contribution in [0.2, 0.25) is 0 Å². The molecule has 1 aliphatic rings. The van der Waals surface area contributed by atoms with Crippen molar-refractivity contribution in [2.24, 2.45) is 11.7 Å². The van der Waals surface area contributed by atoms with Gasteiger partial charge < -0.3 is 10.5 Å². The van der Waals surface area contributed by atoms with E-state index in [1.807, 2.05) is 0 Å². The van der Waals surface area contributed by atoms with Crippen molar-refractivity contribution in [2.75, 3.05) is 32.8 Å². The lowest BCUT2D eigenvalue weighted by molar-refractivity contribution is 0.0329. The summed E-state index contributed by atoms with van der Waals surface area (Å²) in [6.45, 7) is 11.2. The smallest absolute Gasteiger partial charge is 0.0593 e. The van der Waals surface area contributed by atoms with Gasteiger partial charge in [-0.3, -0.25) is 4.90 Å². The van der Waals surface area contributed by atoms with Gasteiger partial charge in [0, 0.05) is 31.8 Å². The third kappa shape index (κ3) is 4.07. The van der Waals surface area contributed by atoms with Gasteiger partial charge in [-0.25, -0.2) is 0 Å². The first-order valence-electron chi connectivity index (χ1n) is 5.08. The molecule has 1 heterocycles. The number of hydrogen-bond acceptors (Lipinski definition) is 3. The molecular formula is C10H22N2O. The molecule has 0 aromatic carbocycles. The zero-order chi connectivity index (χ0) is 9.90. The number of likely N-dealkylation sites (tertiary alicyclic amines) is 1. The Morgan fingerprint density at radius 3 is 2.54 bits per heavy atom. The van der Waals surface area contributed by atoms with Crippen LogP contribution in [-0.4, -0.2) is 43.3 Å². The highest BCUT2D eigenvalue weighted by molar-refractivity contribution is 4.95. The van der Waals surface area contributed by atoms with Gasteiger partial charge in [-0.2, -0.15) is 0 Å². The van der Waals surface area contributed by atoms with Gasteiger partial charge in [-0.1, -0.05) is 13.8 Å². The fourth-order valence-corrected chi connectivity index (χ4v) is 1.65.